The van der Waals surface area contributed by atoms with Gasteiger partial charge in [0.1, 0.15) is 5.75 Å². The Balaban J connectivity index is 1.64. The molecule has 1 N–H and O–H groups in total. The maximum Gasteiger partial charge on any atom is 0.123 e. The second kappa shape index (κ2) is 9.58. The van der Waals surface area contributed by atoms with E-state index in [4.69, 9.17) is 0 Å². The second-order valence-corrected chi connectivity index (χ2v) is 10.9. The van der Waals surface area contributed by atoms with E-state index in [-0.39, 0.29) is 10.8 Å². The Hall–Kier alpha value is -2.10. The Morgan fingerprint density at radius 3 is 2.03 bits per heavy atom. The van der Waals surface area contributed by atoms with Crippen molar-refractivity contribution in [3.63, 3.8) is 0 Å². The number of hydrogen-bond acceptors (Lipinski definition) is 3. The molecule has 0 radical (unpaired) electrons. The van der Waals surface area contributed by atoms with Crippen molar-refractivity contribution in [3.05, 3.63) is 70.8 Å². The number of phenolic OH excluding ortho intramolecular Hbond substituents is 1. The zero-order chi connectivity index (χ0) is 22.6. The van der Waals surface area contributed by atoms with Crippen LogP contribution in [0.3, 0.4) is 0 Å². The third kappa shape index (κ3) is 6.44. The first-order valence-electron chi connectivity index (χ1n) is 11.6. The van der Waals surface area contributed by atoms with Gasteiger partial charge in [0.05, 0.1) is 0 Å². The van der Waals surface area contributed by atoms with Crippen molar-refractivity contribution >= 4 is 6.08 Å². The fourth-order valence-corrected chi connectivity index (χ4v) is 4.09. The van der Waals surface area contributed by atoms with Crippen molar-refractivity contribution in [1.82, 2.24) is 9.80 Å². The molecule has 0 atom stereocenters. The van der Waals surface area contributed by atoms with E-state index in [2.05, 4.69) is 106 Å². The summed E-state index contributed by atoms with van der Waals surface area (Å²) in [5.41, 5.74) is 4.66. The van der Waals surface area contributed by atoms with Gasteiger partial charge in [-0.15, -0.1) is 0 Å². The highest BCUT2D eigenvalue weighted by atomic mass is 16.3. The predicted molar refractivity (Wildman–Crippen MR) is 133 cm³/mol. The Kier molecular flexibility index (Phi) is 7.28. The lowest BCUT2D eigenvalue weighted by Crippen LogP contribution is -2.45. The fourth-order valence-electron chi connectivity index (χ4n) is 4.09. The van der Waals surface area contributed by atoms with Gasteiger partial charge in [0.25, 0.3) is 0 Å². The van der Waals surface area contributed by atoms with Crippen LogP contribution in [0, 0.1) is 0 Å². The normalized spacial score (nSPS) is 16.8. The second-order valence-electron chi connectivity index (χ2n) is 10.9. The summed E-state index contributed by atoms with van der Waals surface area (Å²) in [7, 11) is 0. The van der Waals surface area contributed by atoms with Gasteiger partial charge in [-0.2, -0.15) is 0 Å². The van der Waals surface area contributed by atoms with Gasteiger partial charge < -0.3 is 5.11 Å². The minimum absolute atomic E-state index is 0.0617. The van der Waals surface area contributed by atoms with Crippen molar-refractivity contribution in [3.8, 4) is 5.75 Å². The van der Waals surface area contributed by atoms with Crippen molar-refractivity contribution in [2.45, 2.75) is 58.9 Å². The Morgan fingerprint density at radius 2 is 1.45 bits per heavy atom. The Bertz CT molecular complexity index is 880. The van der Waals surface area contributed by atoms with Crippen molar-refractivity contribution in [1.29, 1.82) is 0 Å². The van der Waals surface area contributed by atoms with Crippen molar-refractivity contribution in [2.75, 3.05) is 32.7 Å². The van der Waals surface area contributed by atoms with Gasteiger partial charge >= 0.3 is 0 Å². The lowest BCUT2D eigenvalue weighted by Gasteiger charge is -2.35. The summed E-state index contributed by atoms with van der Waals surface area (Å²) < 4.78 is 0. The number of hydrogen-bond donors (Lipinski definition) is 1. The van der Waals surface area contributed by atoms with Crippen LogP contribution in [0.2, 0.25) is 0 Å². The first kappa shape index (κ1) is 23.6. The topological polar surface area (TPSA) is 26.7 Å². The highest BCUT2D eigenvalue weighted by molar-refractivity contribution is 5.49. The molecule has 0 unspecified atom stereocenters. The van der Waals surface area contributed by atoms with E-state index in [9.17, 15) is 5.11 Å². The van der Waals surface area contributed by atoms with Gasteiger partial charge in [-0.3, -0.25) is 9.80 Å². The predicted octanol–water partition coefficient (Wildman–Crippen LogP) is 5.82. The van der Waals surface area contributed by atoms with Crippen molar-refractivity contribution in [2.24, 2.45) is 0 Å². The molecular formula is C28H40N2O. The fraction of sp³-hybridized carbons (Fsp3) is 0.500. The van der Waals surface area contributed by atoms with Crippen LogP contribution in [0.25, 0.3) is 6.08 Å². The summed E-state index contributed by atoms with van der Waals surface area (Å²) in [6.07, 6.45) is 4.47. The molecule has 1 saturated heterocycles. The monoisotopic (exact) mass is 420 g/mol. The molecule has 2 aromatic carbocycles. The minimum atomic E-state index is -0.0795. The van der Waals surface area contributed by atoms with E-state index in [1.165, 1.54) is 11.1 Å². The number of phenols is 1. The van der Waals surface area contributed by atoms with Crippen LogP contribution in [0.4, 0.5) is 0 Å². The molecule has 0 amide bonds. The van der Waals surface area contributed by atoms with E-state index < -0.39 is 0 Å². The summed E-state index contributed by atoms with van der Waals surface area (Å²) in [5, 5.41) is 11.1. The highest BCUT2D eigenvalue weighted by Crippen LogP contribution is 2.38. The van der Waals surface area contributed by atoms with Gasteiger partial charge in [-0.05, 0) is 27.5 Å². The molecule has 0 aliphatic carbocycles. The lowest BCUT2D eigenvalue weighted by atomic mass is 9.79. The first-order chi connectivity index (χ1) is 14.5. The van der Waals surface area contributed by atoms with Crippen LogP contribution in [0.15, 0.2) is 48.5 Å². The molecule has 31 heavy (non-hydrogen) atoms. The van der Waals surface area contributed by atoms with Crippen LogP contribution in [0.1, 0.15) is 63.8 Å². The summed E-state index contributed by atoms with van der Waals surface area (Å²) in [6, 6.07) is 14.9. The SMILES string of the molecule is CC(C)(C)c1cc(CN2CCN(CC=Cc3ccccc3)CC2)c(O)c(C(C)(C)C)c1. The average Bonchev–Trinajstić information content (AvgIpc) is 2.70. The standard InChI is InChI=1S/C28H40N2O/c1-27(2,3)24-19-23(26(31)25(20-24)28(4,5)6)21-30-17-15-29(16-18-30)14-10-13-22-11-8-7-9-12-22/h7-13,19-20,31H,14-18,21H2,1-6H3. The Morgan fingerprint density at radius 1 is 0.839 bits per heavy atom. The minimum Gasteiger partial charge on any atom is -0.507 e. The molecule has 2 aromatic rings. The van der Waals surface area contributed by atoms with E-state index in [1.54, 1.807) is 0 Å². The van der Waals surface area contributed by atoms with Crippen molar-refractivity contribution < 1.29 is 5.11 Å². The first-order valence-corrected chi connectivity index (χ1v) is 11.6. The zero-order valence-electron chi connectivity index (χ0n) is 20.3. The molecule has 1 aliphatic rings. The van der Waals surface area contributed by atoms with E-state index >= 15 is 0 Å². The molecule has 3 nitrogen and oxygen atoms in total. The molecule has 1 fully saturated rings. The molecule has 3 heteroatoms. The van der Waals surface area contributed by atoms with Gasteiger partial charge in [-0.25, -0.2) is 0 Å². The molecule has 168 valence electrons. The molecule has 1 aliphatic heterocycles. The maximum absolute atomic E-state index is 11.1. The average molecular weight is 421 g/mol. The molecule has 3 rings (SSSR count). The molecule has 0 saturated carbocycles. The highest BCUT2D eigenvalue weighted by Gasteiger charge is 2.26. The van der Waals surface area contributed by atoms with Gasteiger partial charge in [-0.1, -0.05) is 96.2 Å². The van der Waals surface area contributed by atoms with Gasteiger partial charge in [0.2, 0.25) is 0 Å². The number of benzene rings is 2. The van der Waals surface area contributed by atoms with Crippen LogP contribution >= 0.6 is 0 Å². The van der Waals surface area contributed by atoms with Crippen LogP contribution in [-0.4, -0.2) is 47.6 Å². The van der Waals surface area contributed by atoms with E-state index in [1.807, 2.05) is 0 Å². The summed E-state index contributed by atoms with van der Waals surface area (Å²) >= 11 is 0. The number of nitrogens with zero attached hydrogens (tertiary/aromatic N) is 2. The van der Waals surface area contributed by atoms with Gasteiger partial charge in [0, 0.05) is 44.8 Å². The summed E-state index contributed by atoms with van der Waals surface area (Å²) in [5.74, 6) is 0.480. The van der Waals surface area contributed by atoms with Crippen LogP contribution in [0.5, 0.6) is 5.75 Å². The van der Waals surface area contributed by atoms with Crippen LogP contribution < -0.4 is 0 Å². The molecule has 0 spiro atoms. The van der Waals surface area contributed by atoms with E-state index in [0.29, 0.717) is 5.75 Å². The van der Waals surface area contributed by atoms with Crippen LogP contribution in [-0.2, 0) is 17.4 Å². The Labute approximate surface area is 189 Å². The maximum atomic E-state index is 11.1. The lowest BCUT2D eigenvalue weighted by molar-refractivity contribution is 0.136. The molecular weight excluding hydrogens is 380 g/mol. The third-order valence-corrected chi connectivity index (χ3v) is 6.20. The van der Waals surface area contributed by atoms with Gasteiger partial charge in [0.15, 0.2) is 0 Å². The van der Waals surface area contributed by atoms with E-state index in [0.717, 1.165) is 50.4 Å². The smallest absolute Gasteiger partial charge is 0.123 e. The summed E-state index contributed by atoms with van der Waals surface area (Å²) in [4.78, 5) is 4.98. The number of aromatic hydroxyl groups is 1. The summed E-state index contributed by atoms with van der Waals surface area (Å²) in [6.45, 7) is 19.3. The zero-order valence-corrected chi connectivity index (χ0v) is 20.3. The molecule has 0 bridgehead atoms. The quantitative estimate of drug-likeness (QED) is 0.660. The largest absolute Gasteiger partial charge is 0.507 e. The third-order valence-electron chi connectivity index (χ3n) is 6.20. The number of rotatable bonds is 5. The molecule has 1 heterocycles. The molecule has 0 aromatic heterocycles. The number of piperazine rings is 1.